The van der Waals surface area contributed by atoms with Gasteiger partial charge in [-0.15, -0.1) is 12.4 Å². The van der Waals surface area contributed by atoms with E-state index in [1.807, 2.05) is 4.72 Å². The summed E-state index contributed by atoms with van der Waals surface area (Å²) in [6, 6.07) is 6.22. The number of benzene rings is 2. The monoisotopic (exact) mass is 478 g/mol. The lowest BCUT2D eigenvalue weighted by Crippen LogP contribution is -2.19. The zero-order chi connectivity index (χ0) is 22.1. The number of aromatic nitrogens is 2. The number of ether oxygens (including phenoxy) is 2. The van der Waals surface area contributed by atoms with Gasteiger partial charge in [0.15, 0.2) is 11.5 Å². The van der Waals surface area contributed by atoms with Crippen molar-refractivity contribution in [2.24, 2.45) is 0 Å². The summed E-state index contributed by atoms with van der Waals surface area (Å²) < 4.78 is 74.3. The normalized spacial score (nSPS) is 12.3. The van der Waals surface area contributed by atoms with Crippen molar-refractivity contribution in [2.45, 2.75) is 12.7 Å². The van der Waals surface area contributed by atoms with Crippen LogP contribution in [0.2, 0.25) is 0 Å². The molecule has 0 aliphatic heterocycles. The van der Waals surface area contributed by atoms with Gasteiger partial charge in [-0.25, -0.2) is 9.82 Å². The summed E-state index contributed by atoms with van der Waals surface area (Å²) in [5, 5.41) is 6.60. The summed E-state index contributed by atoms with van der Waals surface area (Å²) in [7, 11) is 2.77. The molecule has 2 aromatic carbocycles. The fourth-order valence-electron chi connectivity index (χ4n) is 2.99. The second-order valence-corrected chi connectivity index (χ2v) is 6.84. The smallest absolute Gasteiger partial charge is 0.416 e. The van der Waals surface area contributed by atoms with Crippen LogP contribution in [0.1, 0.15) is 11.1 Å². The van der Waals surface area contributed by atoms with E-state index in [1.165, 1.54) is 32.4 Å². The predicted molar refractivity (Wildman–Crippen MR) is 109 cm³/mol. The predicted octanol–water partition coefficient (Wildman–Crippen LogP) is 2.93. The van der Waals surface area contributed by atoms with Crippen molar-refractivity contribution in [3.63, 3.8) is 0 Å². The molecule has 8 nitrogen and oxygen atoms in total. The molecule has 1 heterocycles. The van der Waals surface area contributed by atoms with Crippen molar-refractivity contribution < 1.29 is 31.4 Å². The van der Waals surface area contributed by atoms with E-state index in [4.69, 9.17) is 9.47 Å². The summed E-state index contributed by atoms with van der Waals surface area (Å²) in [5.74, 6) is 0.545. The van der Waals surface area contributed by atoms with Crippen LogP contribution in [0, 0.1) is 0 Å². The Bertz CT molecular complexity index is 1190. The van der Waals surface area contributed by atoms with Crippen LogP contribution in [0.4, 0.5) is 13.2 Å². The van der Waals surface area contributed by atoms with Gasteiger partial charge in [-0.2, -0.15) is 18.3 Å². The Morgan fingerprint density at radius 1 is 1.13 bits per heavy atom. The highest BCUT2D eigenvalue weighted by molar-refractivity contribution is 7.77. The molecule has 13 heteroatoms. The van der Waals surface area contributed by atoms with Gasteiger partial charge in [-0.3, -0.25) is 9.00 Å². The molecule has 0 bridgehead atoms. The maximum atomic E-state index is 13.6. The van der Waals surface area contributed by atoms with Crippen molar-refractivity contribution in [2.75, 3.05) is 14.2 Å². The van der Waals surface area contributed by atoms with E-state index in [0.29, 0.717) is 0 Å². The van der Waals surface area contributed by atoms with Gasteiger partial charge < -0.3 is 14.0 Å². The molecule has 0 radical (unpaired) electrons. The van der Waals surface area contributed by atoms with Gasteiger partial charge in [0.1, 0.15) is 0 Å². The van der Waals surface area contributed by atoms with E-state index < -0.39 is 35.1 Å². The van der Waals surface area contributed by atoms with Gasteiger partial charge in [0.05, 0.1) is 30.9 Å². The molecular formula is C18H16ClF3N3O5S-. The highest BCUT2D eigenvalue weighted by atomic mass is 35.5. The number of nitrogens with zero attached hydrogens (tertiary/aromatic N) is 1. The maximum Gasteiger partial charge on any atom is 0.416 e. The minimum atomic E-state index is -4.74. The third kappa shape index (κ3) is 5.15. The number of H-pyrrole nitrogens is 1. The molecule has 1 aromatic heterocycles. The molecular weight excluding hydrogens is 463 g/mol. The van der Waals surface area contributed by atoms with Gasteiger partial charge in [0, 0.05) is 28.8 Å². The summed E-state index contributed by atoms with van der Waals surface area (Å²) in [6.45, 7) is -0.532. The molecule has 0 saturated carbocycles. The molecule has 0 fully saturated rings. The van der Waals surface area contributed by atoms with Crippen LogP contribution >= 0.6 is 12.4 Å². The number of alkyl halides is 3. The Balaban J connectivity index is 0.00000341. The van der Waals surface area contributed by atoms with E-state index >= 15 is 0 Å². The molecule has 31 heavy (non-hydrogen) atoms. The molecule has 1 atom stereocenters. The van der Waals surface area contributed by atoms with Crippen LogP contribution in [0.3, 0.4) is 0 Å². The summed E-state index contributed by atoms with van der Waals surface area (Å²) >= 11 is -2.72. The molecule has 0 aliphatic rings. The molecule has 0 amide bonds. The van der Waals surface area contributed by atoms with E-state index in [2.05, 4.69) is 10.2 Å². The van der Waals surface area contributed by atoms with Gasteiger partial charge >= 0.3 is 6.18 Å². The number of methoxy groups -OCH3 is 2. The molecule has 1 unspecified atom stereocenters. The number of hydrogen-bond donors (Lipinski definition) is 2. The van der Waals surface area contributed by atoms with Gasteiger partial charge in [0.25, 0.3) is 5.56 Å². The number of nitrogens with one attached hydrogen (secondary N) is 2. The Morgan fingerprint density at radius 2 is 1.74 bits per heavy atom. The number of rotatable bonds is 6. The van der Waals surface area contributed by atoms with Gasteiger partial charge in [-0.1, -0.05) is 12.1 Å². The van der Waals surface area contributed by atoms with Crippen LogP contribution in [0.25, 0.3) is 22.0 Å². The standard InChI is InChI=1S/C18H16F3N3O5S.ClH/c1-28-14-6-11-12(7-15(14)29-2)17(25)24-23-16(11)9-3-4-10(8-22-30(26)27)13(5-9)18(19,20)21;/h3-7,22H,8H2,1-2H3,(H,24,25)(H,26,27);1H/p-1. The first-order valence-corrected chi connectivity index (χ1v) is 9.41. The average molecular weight is 479 g/mol. The van der Waals surface area contributed by atoms with Crippen molar-refractivity contribution in [1.82, 2.24) is 14.9 Å². The molecule has 0 spiro atoms. The Kier molecular flexibility index (Phi) is 7.65. The number of halogens is 4. The van der Waals surface area contributed by atoms with Crippen LogP contribution < -0.4 is 19.8 Å². The molecule has 3 rings (SSSR count). The van der Waals surface area contributed by atoms with Crippen LogP contribution in [0.5, 0.6) is 11.5 Å². The average Bonchev–Trinajstić information content (AvgIpc) is 2.71. The third-order valence-corrected chi connectivity index (χ3v) is 4.74. The maximum absolute atomic E-state index is 13.6. The molecule has 168 valence electrons. The van der Waals surface area contributed by atoms with Crippen LogP contribution in [-0.2, 0) is 24.0 Å². The Morgan fingerprint density at radius 3 is 2.29 bits per heavy atom. The first-order chi connectivity index (χ1) is 14.2. The molecule has 2 N–H and O–H groups in total. The Labute approximate surface area is 182 Å². The zero-order valence-corrected chi connectivity index (χ0v) is 17.7. The lowest BCUT2D eigenvalue weighted by Gasteiger charge is -2.16. The van der Waals surface area contributed by atoms with Crippen molar-refractivity contribution in [1.29, 1.82) is 0 Å². The second kappa shape index (κ2) is 9.64. The largest absolute Gasteiger partial charge is 0.760 e. The molecule has 0 saturated heterocycles. The Hall–Kier alpha value is -2.67. The SMILES string of the molecule is COc1cc2c(-c3ccc(CNS(=O)[O-])c(C(F)(F)F)c3)n[nH]c(=O)c2cc1OC.Cl. The van der Waals surface area contributed by atoms with E-state index in [1.54, 1.807) is 0 Å². The van der Waals surface area contributed by atoms with E-state index in [9.17, 15) is 26.7 Å². The first-order valence-electron chi connectivity index (χ1n) is 8.33. The van der Waals surface area contributed by atoms with Crippen LogP contribution in [0.15, 0.2) is 35.1 Å². The van der Waals surface area contributed by atoms with E-state index in [-0.39, 0.29) is 51.5 Å². The number of hydrogen-bond acceptors (Lipinski definition) is 6. The minimum absolute atomic E-state index is 0. The van der Waals surface area contributed by atoms with Crippen molar-refractivity contribution in [3.05, 3.63) is 51.8 Å². The van der Waals surface area contributed by atoms with Crippen molar-refractivity contribution >= 4 is 34.4 Å². The lowest BCUT2D eigenvalue weighted by atomic mass is 9.99. The zero-order valence-electron chi connectivity index (χ0n) is 16.0. The summed E-state index contributed by atoms with van der Waals surface area (Å²) in [5.41, 5.74) is -1.68. The second-order valence-electron chi connectivity index (χ2n) is 6.08. The van der Waals surface area contributed by atoms with Crippen LogP contribution in [-0.4, -0.2) is 33.2 Å². The summed E-state index contributed by atoms with van der Waals surface area (Å²) in [4.78, 5) is 12.2. The summed E-state index contributed by atoms with van der Waals surface area (Å²) in [6.07, 6.45) is -4.74. The minimum Gasteiger partial charge on any atom is -0.760 e. The third-order valence-electron chi connectivity index (χ3n) is 4.36. The van der Waals surface area contributed by atoms with Gasteiger partial charge in [-0.05, 0) is 23.8 Å². The van der Waals surface area contributed by atoms with Gasteiger partial charge in [0.2, 0.25) is 0 Å². The number of fused-ring (bicyclic) bond motifs is 1. The fraction of sp³-hybridized carbons (Fsp3) is 0.222. The fourth-order valence-corrected chi connectivity index (χ4v) is 3.26. The number of aromatic amines is 1. The highest BCUT2D eigenvalue weighted by Gasteiger charge is 2.33. The van der Waals surface area contributed by atoms with E-state index in [0.717, 1.165) is 12.1 Å². The topological polar surface area (TPSA) is 116 Å². The molecule has 3 aromatic rings. The van der Waals surface area contributed by atoms with Crippen molar-refractivity contribution in [3.8, 4) is 22.8 Å². The lowest BCUT2D eigenvalue weighted by molar-refractivity contribution is -0.138. The highest BCUT2D eigenvalue weighted by Crippen LogP contribution is 2.38. The first kappa shape index (κ1) is 24.6. The quantitative estimate of drug-likeness (QED) is 0.526. The molecule has 0 aliphatic carbocycles.